The Hall–Kier alpha value is -2.28. The fraction of sp³-hybridized carbons (Fsp3) is 0.231. The zero-order valence-electron chi connectivity index (χ0n) is 9.64. The summed E-state index contributed by atoms with van der Waals surface area (Å²) in [6.45, 7) is 2.09. The predicted molar refractivity (Wildman–Crippen MR) is 66.4 cm³/mol. The molecule has 17 heavy (non-hydrogen) atoms. The van der Waals surface area contributed by atoms with E-state index in [2.05, 4.69) is 28.3 Å². The molecule has 2 N–H and O–H groups in total. The Kier molecular flexibility index (Phi) is 3.41. The molecule has 1 aromatic carbocycles. The van der Waals surface area contributed by atoms with Gasteiger partial charge < -0.3 is 10.3 Å². The molecule has 1 atom stereocenters. The summed E-state index contributed by atoms with van der Waals surface area (Å²) in [5.74, 6) is 0.912. The molecule has 0 saturated heterocycles. The Morgan fingerprint density at radius 3 is 3.06 bits per heavy atom. The zero-order valence-corrected chi connectivity index (χ0v) is 9.64. The summed E-state index contributed by atoms with van der Waals surface area (Å²) in [6, 6.07) is 9.72. The minimum atomic E-state index is 0.138. The van der Waals surface area contributed by atoms with Crippen LogP contribution in [0.5, 0.6) is 0 Å². The van der Waals surface area contributed by atoms with Gasteiger partial charge in [0.25, 0.3) is 0 Å². The molecule has 4 nitrogen and oxygen atoms in total. The molecule has 4 heteroatoms. The maximum atomic E-state index is 8.84. The van der Waals surface area contributed by atoms with Gasteiger partial charge in [0.2, 0.25) is 0 Å². The van der Waals surface area contributed by atoms with Crippen molar-refractivity contribution in [2.75, 3.05) is 5.32 Å². The Bertz CT molecular complexity index is 510. The fourth-order valence-corrected chi connectivity index (χ4v) is 1.71. The maximum absolute atomic E-state index is 8.84. The van der Waals surface area contributed by atoms with Crippen molar-refractivity contribution < 1.29 is 0 Å². The van der Waals surface area contributed by atoms with Crippen LogP contribution in [0.4, 0.5) is 5.69 Å². The second-order valence-corrected chi connectivity index (χ2v) is 3.77. The summed E-state index contributed by atoms with van der Waals surface area (Å²) < 4.78 is 0. The van der Waals surface area contributed by atoms with E-state index in [9.17, 15) is 0 Å². The monoisotopic (exact) mass is 226 g/mol. The first-order chi connectivity index (χ1) is 8.33. The summed E-state index contributed by atoms with van der Waals surface area (Å²) >= 11 is 0. The average molecular weight is 226 g/mol. The van der Waals surface area contributed by atoms with Gasteiger partial charge in [0.05, 0.1) is 17.7 Å². The molecule has 0 spiro atoms. The topological polar surface area (TPSA) is 64.5 Å². The van der Waals surface area contributed by atoms with Crippen LogP contribution in [-0.4, -0.2) is 9.97 Å². The van der Waals surface area contributed by atoms with Gasteiger partial charge in [-0.15, -0.1) is 0 Å². The molecule has 0 aliphatic rings. The molecule has 2 aromatic rings. The highest BCUT2D eigenvalue weighted by molar-refractivity contribution is 5.50. The summed E-state index contributed by atoms with van der Waals surface area (Å²) in [7, 11) is 0. The van der Waals surface area contributed by atoms with Gasteiger partial charge in [0, 0.05) is 18.1 Å². The van der Waals surface area contributed by atoms with Crippen LogP contribution in [-0.2, 0) is 0 Å². The lowest BCUT2D eigenvalue weighted by Crippen LogP contribution is -2.11. The van der Waals surface area contributed by atoms with Crippen LogP contribution in [0.2, 0.25) is 0 Å². The Balaban J connectivity index is 2.16. The third-order valence-corrected chi connectivity index (χ3v) is 2.59. The normalized spacial score (nSPS) is 11.8. The number of hydrogen-bond acceptors (Lipinski definition) is 3. The second kappa shape index (κ2) is 5.17. The van der Waals surface area contributed by atoms with Crippen molar-refractivity contribution in [3.8, 4) is 6.07 Å². The quantitative estimate of drug-likeness (QED) is 0.842. The average Bonchev–Trinajstić information content (AvgIpc) is 2.90. The molecule has 0 aliphatic heterocycles. The summed E-state index contributed by atoms with van der Waals surface area (Å²) in [4.78, 5) is 7.34. The maximum Gasteiger partial charge on any atom is 0.128 e. The molecule has 0 aliphatic carbocycles. The van der Waals surface area contributed by atoms with Crippen LogP contribution in [0.25, 0.3) is 0 Å². The van der Waals surface area contributed by atoms with Crippen LogP contribution in [0, 0.1) is 11.3 Å². The van der Waals surface area contributed by atoms with Crippen LogP contribution in [0.1, 0.15) is 30.8 Å². The van der Waals surface area contributed by atoms with E-state index >= 15 is 0 Å². The van der Waals surface area contributed by atoms with Gasteiger partial charge in [-0.05, 0) is 24.6 Å². The van der Waals surface area contributed by atoms with Gasteiger partial charge >= 0.3 is 0 Å². The van der Waals surface area contributed by atoms with Crippen molar-refractivity contribution in [1.29, 1.82) is 5.26 Å². The first kappa shape index (κ1) is 11.2. The number of benzene rings is 1. The Morgan fingerprint density at radius 2 is 2.41 bits per heavy atom. The van der Waals surface area contributed by atoms with Crippen LogP contribution >= 0.6 is 0 Å². The first-order valence-electron chi connectivity index (χ1n) is 5.59. The number of rotatable bonds is 4. The molecule has 0 fully saturated rings. The van der Waals surface area contributed by atoms with Crippen LogP contribution in [0.15, 0.2) is 36.7 Å². The van der Waals surface area contributed by atoms with Crippen molar-refractivity contribution in [2.45, 2.75) is 19.4 Å². The van der Waals surface area contributed by atoms with E-state index in [-0.39, 0.29) is 6.04 Å². The third kappa shape index (κ3) is 2.64. The van der Waals surface area contributed by atoms with Crippen molar-refractivity contribution in [2.24, 2.45) is 0 Å². The van der Waals surface area contributed by atoms with Crippen LogP contribution < -0.4 is 5.32 Å². The first-order valence-corrected chi connectivity index (χ1v) is 5.59. The molecule has 0 bridgehead atoms. The lowest BCUT2D eigenvalue weighted by atomic mass is 10.1. The molecule has 1 unspecified atom stereocenters. The van der Waals surface area contributed by atoms with Crippen LogP contribution in [0.3, 0.4) is 0 Å². The smallest absolute Gasteiger partial charge is 0.128 e. The Labute approximate surface area is 100 Å². The van der Waals surface area contributed by atoms with Gasteiger partial charge in [-0.25, -0.2) is 4.98 Å². The number of nitriles is 1. The molecule has 86 valence electrons. The number of aromatic nitrogens is 2. The predicted octanol–water partition coefficient (Wildman–Crippen LogP) is 2.84. The molecule has 1 aromatic heterocycles. The zero-order chi connectivity index (χ0) is 12.1. The second-order valence-electron chi connectivity index (χ2n) is 3.77. The third-order valence-electron chi connectivity index (χ3n) is 2.59. The number of nitrogens with zero attached hydrogens (tertiary/aromatic N) is 2. The molecular formula is C13H14N4. The largest absolute Gasteiger partial charge is 0.375 e. The lowest BCUT2D eigenvalue weighted by Gasteiger charge is -2.16. The van der Waals surface area contributed by atoms with E-state index in [1.54, 1.807) is 12.3 Å². The number of anilines is 1. The standard InChI is InChI=1S/C13H14N4/c1-2-12(13-15-6-7-16-13)17-11-5-3-4-10(8-11)9-14/h3-8,12,17H,2H2,1H3,(H,15,16). The van der Waals surface area contributed by atoms with Gasteiger partial charge in [-0.3, -0.25) is 0 Å². The lowest BCUT2D eigenvalue weighted by molar-refractivity contribution is 0.704. The minimum absolute atomic E-state index is 0.138. The van der Waals surface area contributed by atoms with Gasteiger partial charge in [-0.1, -0.05) is 13.0 Å². The van der Waals surface area contributed by atoms with Gasteiger partial charge in [0.15, 0.2) is 0 Å². The van der Waals surface area contributed by atoms with E-state index in [0.29, 0.717) is 5.56 Å². The highest BCUT2D eigenvalue weighted by Gasteiger charge is 2.11. The summed E-state index contributed by atoms with van der Waals surface area (Å²) in [5.41, 5.74) is 1.59. The van der Waals surface area contributed by atoms with Gasteiger partial charge in [-0.2, -0.15) is 5.26 Å². The number of nitrogens with one attached hydrogen (secondary N) is 2. The van der Waals surface area contributed by atoms with Crippen molar-refractivity contribution in [3.63, 3.8) is 0 Å². The molecule has 0 amide bonds. The van der Waals surface area contributed by atoms with Crippen molar-refractivity contribution in [3.05, 3.63) is 48.0 Å². The number of H-pyrrole nitrogens is 1. The molecule has 0 saturated carbocycles. The fourth-order valence-electron chi connectivity index (χ4n) is 1.71. The highest BCUT2D eigenvalue weighted by Crippen LogP contribution is 2.20. The van der Waals surface area contributed by atoms with E-state index in [0.717, 1.165) is 17.9 Å². The SMILES string of the molecule is CCC(Nc1cccc(C#N)c1)c1ncc[nH]1. The van der Waals surface area contributed by atoms with E-state index in [4.69, 9.17) is 5.26 Å². The number of hydrogen-bond donors (Lipinski definition) is 2. The minimum Gasteiger partial charge on any atom is -0.375 e. The molecule has 2 rings (SSSR count). The van der Waals surface area contributed by atoms with Gasteiger partial charge in [0.1, 0.15) is 5.82 Å². The van der Waals surface area contributed by atoms with Crippen molar-refractivity contribution >= 4 is 5.69 Å². The number of imidazole rings is 1. The molecule has 0 radical (unpaired) electrons. The molecular weight excluding hydrogens is 212 g/mol. The summed E-state index contributed by atoms with van der Waals surface area (Å²) in [6.07, 6.45) is 4.47. The Morgan fingerprint density at radius 1 is 1.53 bits per heavy atom. The van der Waals surface area contributed by atoms with E-state index in [1.807, 2.05) is 24.4 Å². The van der Waals surface area contributed by atoms with E-state index < -0.39 is 0 Å². The van der Waals surface area contributed by atoms with Crippen molar-refractivity contribution in [1.82, 2.24) is 9.97 Å². The molecule has 1 heterocycles. The van der Waals surface area contributed by atoms with E-state index in [1.165, 1.54) is 0 Å². The summed E-state index contributed by atoms with van der Waals surface area (Å²) in [5, 5.41) is 12.2. The highest BCUT2D eigenvalue weighted by atomic mass is 15.0. The number of aromatic amines is 1.